The zero-order chi connectivity index (χ0) is 21.5. The molecular weight excluding hydrogens is 433 g/mol. The number of nitrogens with one attached hydrogen (secondary N) is 1. The van der Waals surface area contributed by atoms with Crippen molar-refractivity contribution < 1.29 is 13.2 Å². The van der Waals surface area contributed by atoms with Gasteiger partial charge in [0.2, 0.25) is 0 Å². The van der Waals surface area contributed by atoms with Crippen LogP contribution in [0.3, 0.4) is 0 Å². The van der Waals surface area contributed by atoms with E-state index in [1.807, 2.05) is 12.1 Å². The van der Waals surface area contributed by atoms with Crippen LogP contribution in [0.2, 0.25) is 5.02 Å². The van der Waals surface area contributed by atoms with Crippen LogP contribution in [0.5, 0.6) is 0 Å². The lowest BCUT2D eigenvalue weighted by atomic mass is 9.99. The van der Waals surface area contributed by atoms with Gasteiger partial charge >= 0.3 is 6.18 Å². The van der Waals surface area contributed by atoms with Gasteiger partial charge in [-0.1, -0.05) is 54.2 Å². The number of nitrogens with zero attached hydrogens (tertiary/aromatic N) is 3. The van der Waals surface area contributed by atoms with E-state index in [0.717, 1.165) is 12.1 Å². The van der Waals surface area contributed by atoms with Crippen LogP contribution in [-0.4, -0.2) is 26.6 Å². The molecule has 0 aliphatic heterocycles. The smallest absolute Gasteiger partial charge is 0.379 e. The maximum absolute atomic E-state index is 13.0. The number of benzene rings is 2. The molecule has 0 fully saturated rings. The fourth-order valence-corrected chi connectivity index (χ4v) is 3.58. The van der Waals surface area contributed by atoms with Crippen molar-refractivity contribution >= 4 is 34.5 Å². The predicted molar refractivity (Wildman–Crippen MR) is 115 cm³/mol. The summed E-state index contributed by atoms with van der Waals surface area (Å²) in [6.45, 7) is 0. The van der Waals surface area contributed by atoms with Crippen LogP contribution < -0.4 is 5.32 Å². The van der Waals surface area contributed by atoms with Gasteiger partial charge in [-0.05, 0) is 18.2 Å². The normalized spacial score (nSPS) is 11.6. The van der Waals surface area contributed by atoms with Crippen molar-refractivity contribution in [3.8, 4) is 22.4 Å². The van der Waals surface area contributed by atoms with Crippen LogP contribution in [0.15, 0.2) is 60.9 Å². The second-order valence-electron chi connectivity index (χ2n) is 6.45. The summed E-state index contributed by atoms with van der Waals surface area (Å²) in [7, 11) is 1.70. The van der Waals surface area contributed by atoms with Crippen LogP contribution in [0.4, 0.5) is 13.2 Å². The summed E-state index contributed by atoms with van der Waals surface area (Å²) >= 11 is 11.7. The molecule has 4 aromatic rings. The fourth-order valence-electron chi connectivity index (χ4n) is 3.20. The Bertz CT molecular complexity index is 1250. The van der Waals surface area contributed by atoms with E-state index in [1.165, 1.54) is 12.1 Å². The highest BCUT2D eigenvalue weighted by Crippen LogP contribution is 2.37. The van der Waals surface area contributed by atoms with Crippen molar-refractivity contribution in [2.75, 3.05) is 7.05 Å². The van der Waals surface area contributed by atoms with Crippen molar-refractivity contribution in [2.24, 2.45) is 0 Å². The largest absolute Gasteiger partial charge is 0.416 e. The minimum Gasteiger partial charge on any atom is -0.379 e. The maximum atomic E-state index is 13.0. The molecule has 0 atom stereocenters. The van der Waals surface area contributed by atoms with E-state index in [4.69, 9.17) is 23.8 Å². The number of thiocarbonyl (C=S) groups is 1. The first kappa shape index (κ1) is 20.3. The first-order valence-electron chi connectivity index (χ1n) is 8.82. The molecule has 0 saturated carbocycles. The van der Waals surface area contributed by atoms with E-state index in [9.17, 15) is 13.2 Å². The first-order valence-corrected chi connectivity index (χ1v) is 9.61. The summed E-state index contributed by atoms with van der Waals surface area (Å²) < 4.78 is 40.7. The molecule has 0 saturated heterocycles. The molecule has 1 N–H and O–H groups in total. The van der Waals surface area contributed by atoms with Crippen LogP contribution in [0.25, 0.3) is 28.0 Å². The monoisotopic (exact) mass is 446 g/mol. The van der Waals surface area contributed by atoms with E-state index in [1.54, 1.807) is 36.1 Å². The first-order chi connectivity index (χ1) is 14.3. The number of aromatic nitrogens is 3. The minimum absolute atomic E-state index is 0.460. The zero-order valence-electron chi connectivity index (χ0n) is 15.5. The van der Waals surface area contributed by atoms with Crippen molar-refractivity contribution in [1.29, 1.82) is 0 Å². The summed E-state index contributed by atoms with van der Waals surface area (Å²) in [6, 6.07) is 12.1. The Morgan fingerprint density at radius 2 is 1.73 bits per heavy atom. The highest BCUT2D eigenvalue weighted by molar-refractivity contribution is 7.80. The molecule has 0 amide bonds. The fraction of sp³-hybridized carbons (Fsp3) is 0.0952. The number of hydrogen-bond acceptors (Lipinski definition) is 3. The van der Waals surface area contributed by atoms with Gasteiger partial charge < -0.3 is 5.32 Å². The maximum Gasteiger partial charge on any atom is 0.416 e. The molecule has 4 rings (SSSR count). The molecule has 0 aliphatic rings. The van der Waals surface area contributed by atoms with E-state index in [2.05, 4.69) is 15.4 Å². The lowest BCUT2D eigenvalue weighted by molar-refractivity contribution is -0.137. The number of hydrogen-bond donors (Lipinski definition) is 1. The quantitative estimate of drug-likeness (QED) is 0.414. The van der Waals surface area contributed by atoms with Crippen LogP contribution >= 0.6 is 23.8 Å². The van der Waals surface area contributed by atoms with Crippen molar-refractivity contribution in [3.63, 3.8) is 0 Å². The Hall–Kier alpha value is -2.97. The number of alkyl halides is 3. The van der Waals surface area contributed by atoms with Gasteiger partial charge in [0, 0.05) is 35.0 Å². The van der Waals surface area contributed by atoms with Gasteiger partial charge in [-0.15, -0.1) is 0 Å². The summed E-state index contributed by atoms with van der Waals surface area (Å²) in [5, 5.41) is 7.79. The van der Waals surface area contributed by atoms with Gasteiger partial charge in [-0.3, -0.25) is 0 Å². The van der Waals surface area contributed by atoms with E-state index >= 15 is 0 Å². The molecule has 0 unspecified atom stereocenters. The van der Waals surface area contributed by atoms with Gasteiger partial charge in [0.1, 0.15) is 4.99 Å². The van der Waals surface area contributed by atoms with Crippen molar-refractivity contribution in [1.82, 2.24) is 19.9 Å². The third-order valence-electron chi connectivity index (χ3n) is 4.65. The lowest BCUT2D eigenvalue weighted by Crippen LogP contribution is -2.16. The van der Waals surface area contributed by atoms with E-state index < -0.39 is 11.7 Å². The molecule has 2 heterocycles. The molecule has 0 spiro atoms. The highest BCUT2D eigenvalue weighted by atomic mass is 35.5. The van der Waals surface area contributed by atoms with E-state index in [0.29, 0.717) is 43.6 Å². The van der Waals surface area contributed by atoms with Crippen LogP contribution in [0.1, 0.15) is 11.1 Å². The predicted octanol–water partition coefficient (Wildman–Crippen LogP) is 5.63. The third-order valence-corrected chi connectivity index (χ3v) is 5.40. The molecule has 9 heteroatoms. The molecule has 4 nitrogen and oxygen atoms in total. The average Bonchev–Trinajstić information content (AvgIpc) is 3.16. The van der Waals surface area contributed by atoms with Gasteiger partial charge in [-0.2, -0.15) is 18.3 Å². The van der Waals surface area contributed by atoms with Crippen LogP contribution in [0, 0.1) is 0 Å². The zero-order valence-corrected chi connectivity index (χ0v) is 17.1. The highest BCUT2D eigenvalue weighted by Gasteiger charge is 2.30. The molecule has 0 aliphatic carbocycles. The Kier molecular flexibility index (Phi) is 5.21. The summed E-state index contributed by atoms with van der Waals surface area (Å²) in [5.74, 6) is 0. The van der Waals surface area contributed by atoms with Crippen LogP contribution in [-0.2, 0) is 6.18 Å². The molecular formula is C21H14ClF3N4S. The van der Waals surface area contributed by atoms with Gasteiger partial charge in [0.05, 0.1) is 23.0 Å². The minimum atomic E-state index is -4.42. The summed E-state index contributed by atoms with van der Waals surface area (Å²) in [5.41, 5.74) is 2.80. The Labute approximate surface area is 180 Å². The molecule has 152 valence electrons. The lowest BCUT2D eigenvalue weighted by Gasteiger charge is -2.14. The van der Waals surface area contributed by atoms with Crippen molar-refractivity contribution in [2.45, 2.75) is 6.18 Å². The number of halogens is 4. The molecule has 30 heavy (non-hydrogen) atoms. The van der Waals surface area contributed by atoms with Crippen molar-refractivity contribution in [3.05, 3.63) is 77.1 Å². The Morgan fingerprint density at radius 1 is 1.03 bits per heavy atom. The topological polar surface area (TPSA) is 42.2 Å². The number of rotatable bonds is 3. The molecule has 2 aromatic heterocycles. The average molecular weight is 447 g/mol. The second kappa shape index (κ2) is 7.70. The van der Waals surface area contributed by atoms with Gasteiger partial charge in [0.25, 0.3) is 0 Å². The summed E-state index contributed by atoms with van der Waals surface area (Å²) in [4.78, 5) is 4.96. The number of fused-ring (bicyclic) bond motifs is 1. The standard InChI is InChI=1S/C21H14ClF3N4S/c1-26-20(30)16-11-28-29-18(12-6-8-13(9-7-12)21(23,24)25)15(10-27-19(16)29)14-4-2-3-5-17(14)22/h2-11H,1H3,(H,26,30). The summed E-state index contributed by atoms with van der Waals surface area (Å²) in [6.07, 6.45) is -1.21. The SMILES string of the molecule is CNC(=S)c1cnn2c(-c3ccc(C(F)(F)F)cc3)c(-c3ccccc3Cl)cnc12. The second-order valence-corrected chi connectivity index (χ2v) is 7.26. The van der Waals surface area contributed by atoms with Gasteiger partial charge in [-0.25, -0.2) is 9.50 Å². The third kappa shape index (κ3) is 3.53. The Balaban J connectivity index is 2.01. The van der Waals surface area contributed by atoms with E-state index in [-0.39, 0.29) is 0 Å². The Morgan fingerprint density at radius 3 is 2.37 bits per heavy atom. The molecule has 2 aromatic carbocycles. The van der Waals surface area contributed by atoms with Gasteiger partial charge in [0.15, 0.2) is 5.65 Å². The molecule has 0 bridgehead atoms. The molecule has 0 radical (unpaired) electrons.